The van der Waals surface area contributed by atoms with Crippen LogP contribution in [0.1, 0.15) is 39.5 Å². The van der Waals surface area contributed by atoms with Gasteiger partial charge in [0.25, 0.3) is 0 Å². The first kappa shape index (κ1) is 14.3. The van der Waals surface area contributed by atoms with Gasteiger partial charge in [0, 0.05) is 13.2 Å². The average molecular weight is 269 g/mol. The molecule has 0 saturated carbocycles. The van der Waals surface area contributed by atoms with Crippen LogP contribution in [-0.2, 0) is 14.3 Å². The molecule has 2 atom stereocenters. The lowest BCUT2D eigenvalue weighted by atomic mass is 9.76. The first-order chi connectivity index (χ1) is 8.93. The summed E-state index contributed by atoms with van der Waals surface area (Å²) in [4.78, 5) is 25.7. The van der Waals surface area contributed by atoms with Crippen molar-refractivity contribution >= 4 is 11.9 Å². The lowest BCUT2D eigenvalue weighted by Crippen LogP contribution is -2.58. The van der Waals surface area contributed by atoms with Crippen LogP contribution >= 0.6 is 0 Å². The molecule has 108 valence electrons. The predicted molar refractivity (Wildman–Crippen MR) is 69.7 cm³/mol. The molecule has 2 saturated heterocycles. The summed E-state index contributed by atoms with van der Waals surface area (Å²) >= 11 is 0. The Bertz CT molecular complexity index is 360. The van der Waals surface area contributed by atoms with Crippen molar-refractivity contribution in [2.45, 2.75) is 45.6 Å². The van der Waals surface area contributed by atoms with E-state index in [2.05, 4.69) is 0 Å². The van der Waals surface area contributed by atoms with E-state index in [0.29, 0.717) is 19.8 Å². The van der Waals surface area contributed by atoms with Crippen LogP contribution < -0.4 is 0 Å². The van der Waals surface area contributed by atoms with E-state index in [4.69, 9.17) is 4.74 Å². The molecule has 0 aromatic carbocycles. The molecular weight excluding hydrogens is 246 g/mol. The number of hydrogen-bond donors (Lipinski definition) is 1. The van der Waals surface area contributed by atoms with Gasteiger partial charge in [0.2, 0.25) is 5.91 Å². The molecule has 2 aliphatic heterocycles. The second-order valence-electron chi connectivity index (χ2n) is 6.28. The second kappa shape index (κ2) is 5.49. The minimum atomic E-state index is -0.894. The van der Waals surface area contributed by atoms with Gasteiger partial charge in [0.1, 0.15) is 6.04 Å². The Morgan fingerprint density at radius 1 is 1.32 bits per heavy atom. The van der Waals surface area contributed by atoms with E-state index < -0.39 is 12.0 Å². The molecular formula is C14H23NO4. The molecule has 2 heterocycles. The molecule has 2 aliphatic rings. The van der Waals surface area contributed by atoms with Crippen molar-refractivity contribution in [2.75, 3.05) is 19.8 Å². The monoisotopic (exact) mass is 269 g/mol. The highest BCUT2D eigenvalue weighted by atomic mass is 16.5. The molecule has 1 amide bonds. The second-order valence-corrected chi connectivity index (χ2v) is 6.28. The van der Waals surface area contributed by atoms with Gasteiger partial charge < -0.3 is 14.7 Å². The number of amides is 1. The number of likely N-dealkylation sites (tertiary alicyclic amines) is 1. The van der Waals surface area contributed by atoms with Gasteiger partial charge in [-0.3, -0.25) is 4.79 Å². The van der Waals surface area contributed by atoms with Gasteiger partial charge in [0.15, 0.2) is 0 Å². The Kier molecular flexibility index (Phi) is 4.13. The Balaban J connectivity index is 2.15. The molecule has 0 aliphatic carbocycles. The number of carboxylic acid groups (broad SMARTS) is 1. The number of ether oxygens (including phenoxy) is 1. The Morgan fingerprint density at radius 3 is 2.63 bits per heavy atom. The fourth-order valence-corrected chi connectivity index (χ4v) is 3.27. The zero-order chi connectivity index (χ0) is 14.0. The van der Waals surface area contributed by atoms with Gasteiger partial charge in [-0.25, -0.2) is 4.79 Å². The molecule has 0 aromatic rings. The third kappa shape index (κ3) is 2.91. The first-order valence-electron chi connectivity index (χ1n) is 7.04. The molecule has 0 radical (unpaired) electrons. The fraction of sp³-hybridized carbons (Fsp3) is 0.857. The molecule has 0 bridgehead atoms. The van der Waals surface area contributed by atoms with E-state index >= 15 is 0 Å². The van der Waals surface area contributed by atoms with E-state index in [1.165, 1.54) is 0 Å². The fourth-order valence-electron chi connectivity index (χ4n) is 3.27. The van der Waals surface area contributed by atoms with Gasteiger partial charge in [-0.2, -0.15) is 0 Å². The number of piperidine rings is 1. The van der Waals surface area contributed by atoms with Crippen LogP contribution in [0.25, 0.3) is 0 Å². The van der Waals surface area contributed by atoms with Crippen LogP contribution in [0.3, 0.4) is 0 Å². The maximum absolute atomic E-state index is 12.5. The number of carbonyl (C=O) groups is 2. The standard InChI is InChI=1S/C14H23NO4/c1-14(2)6-4-7-15(11(14)13(17)18)12(16)10-5-3-8-19-9-10/h10-11H,3-9H2,1-2H3,(H,17,18). The van der Waals surface area contributed by atoms with Crippen molar-refractivity contribution in [3.05, 3.63) is 0 Å². The summed E-state index contributed by atoms with van der Waals surface area (Å²) in [5, 5.41) is 9.47. The largest absolute Gasteiger partial charge is 0.480 e. The number of aliphatic carboxylic acids is 1. The Hall–Kier alpha value is -1.10. The summed E-state index contributed by atoms with van der Waals surface area (Å²) in [6, 6.07) is -0.712. The molecule has 19 heavy (non-hydrogen) atoms. The molecule has 0 spiro atoms. The summed E-state index contributed by atoms with van der Waals surface area (Å²) in [6.07, 6.45) is 3.40. The zero-order valence-electron chi connectivity index (χ0n) is 11.7. The predicted octanol–water partition coefficient (Wildman–Crippen LogP) is 1.51. The van der Waals surface area contributed by atoms with Crippen LogP contribution in [-0.4, -0.2) is 47.7 Å². The highest BCUT2D eigenvalue weighted by molar-refractivity contribution is 5.86. The SMILES string of the molecule is CC1(C)CCCN(C(=O)C2CCCOC2)C1C(=O)O. The summed E-state index contributed by atoms with van der Waals surface area (Å²) in [5.41, 5.74) is -0.366. The summed E-state index contributed by atoms with van der Waals surface area (Å²) in [6.45, 7) is 5.56. The van der Waals surface area contributed by atoms with Crippen molar-refractivity contribution < 1.29 is 19.4 Å². The van der Waals surface area contributed by atoms with Crippen LogP contribution in [0.4, 0.5) is 0 Å². The van der Waals surface area contributed by atoms with E-state index in [1.807, 2.05) is 13.8 Å². The Morgan fingerprint density at radius 2 is 2.05 bits per heavy atom. The van der Waals surface area contributed by atoms with E-state index in [9.17, 15) is 14.7 Å². The van der Waals surface area contributed by atoms with Crippen molar-refractivity contribution in [3.63, 3.8) is 0 Å². The van der Waals surface area contributed by atoms with Gasteiger partial charge in [-0.15, -0.1) is 0 Å². The summed E-state index contributed by atoms with van der Waals surface area (Å²) < 4.78 is 5.35. The highest BCUT2D eigenvalue weighted by Gasteiger charge is 2.45. The number of hydrogen-bond acceptors (Lipinski definition) is 3. The average Bonchev–Trinajstić information content (AvgIpc) is 2.37. The molecule has 2 unspecified atom stereocenters. The molecule has 5 heteroatoms. The van der Waals surface area contributed by atoms with Crippen LogP contribution in [0, 0.1) is 11.3 Å². The van der Waals surface area contributed by atoms with E-state index in [1.54, 1.807) is 4.90 Å². The van der Waals surface area contributed by atoms with Crippen molar-refractivity contribution in [2.24, 2.45) is 11.3 Å². The zero-order valence-corrected chi connectivity index (χ0v) is 11.7. The minimum absolute atomic E-state index is 0.0418. The van der Waals surface area contributed by atoms with Gasteiger partial charge in [-0.05, 0) is 31.1 Å². The lowest BCUT2D eigenvalue weighted by Gasteiger charge is -2.45. The van der Waals surface area contributed by atoms with Gasteiger partial charge >= 0.3 is 5.97 Å². The quantitative estimate of drug-likeness (QED) is 0.825. The summed E-state index contributed by atoms with van der Waals surface area (Å²) in [7, 11) is 0. The Labute approximate surface area is 113 Å². The normalized spacial score (nSPS) is 30.9. The molecule has 0 aromatic heterocycles. The summed E-state index contributed by atoms with van der Waals surface area (Å²) in [5.74, 6) is -1.10. The molecule has 1 N–H and O–H groups in total. The smallest absolute Gasteiger partial charge is 0.326 e. The van der Waals surface area contributed by atoms with Crippen molar-refractivity contribution in [1.82, 2.24) is 4.90 Å². The third-order valence-electron chi connectivity index (χ3n) is 4.30. The van der Waals surface area contributed by atoms with Gasteiger partial charge in [0.05, 0.1) is 12.5 Å². The van der Waals surface area contributed by atoms with Crippen molar-refractivity contribution in [1.29, 1.82) is 0 Å². The van der Waals surface area contributed by atoms with Crippen LogP contribution in [0.15, 0.2) is 0 Å². The number of rotatable bonds is 2. The first-order valence-corrected chi connectivity index (χ1v) is 7.04. The van der Waals surface area contributed by atoms with Crippen LogP contribution in [0.2, 0.25) is 0 Å². The maximum atomic E-state index is 12.5. The minimum Gasteiger partial charge on any atom is -0.480 e. The van der Waals surface area contributed by atoms with E-state index in [-0.39, 0.29) is 17.2 Å². The molecule has 2 rings (SSSR count). The van der Waals surface area contributed by atoms with Crippen LogP contribution in [0.5, 0.6) is 0 Å². The number of nitrogens with zero attached hydrogens (tertiary/aromatic N) is 1. The van der Waals surface area contributed by atoms with Crippen molar-refractivity contribution in [3.8, 4) is 0 Å². The highest BCUT2D eigenvalue weighted by Crippen LogP contribution is 2.36. The maximum Gasteiger partial charge on any atom is 0.326 e. The topological polar surface area (TPSA) is 66.8 Å². The third-order valence-corrected chi connectivity index (χ3v) is 4.30. The molecule has 2 fully saturated rings. The molecule has 5 nitrogen and oxygen atoms in total. The lowest BCUT2D eigenvalue weighted by molar-refractivity contribution is -0.162. The van der Waals surface area contributed by atoms with Gasteiger partial charge in [-0.1, -0.05) is 13.8 Å². The van der Waals surface area contributed by atoms with E-state index in [0.717, 1.165) is 25.7 Å². The number of carbonyl (C=O) groups excluding carboxylic acids is 1. The number of carboxylic acids is 1.